The average molecular weight is 571 g/mol. The Bertz CT molecular complexity index is 1150. The zero-order chi connectivity index (χ0) is 29.6. The number of aliphatic carboxylic acids is 2. The molecular formula is C23H21F8N3O5. The lowest BCUT2D eigenvalue weighted by Gasteiger charge is -2.24. The maximum Gasteiger partial charge on any atom is 0.490 e. The van der Waals surface area contributed by atoms with Crippen LogP contribution in [0.1, 0.15) is 18.4 Å². The summed E-state index contributed by atoms with van der Waals surface area (Å²) in [6.07, 6.45) is -5.17. The molecule has 2 aliphatic heterocycles. The van der Waals surface area contributed by atoms with Gasteiger partial charge in [0.25, 0.3) is 0 Å². The minimum atomic E-state index is -5.08. The summed E-state index contributed by atoms with van der Waals surface area (Å²) < 4.78 is 90.1. The third kappa shape index (κ3) is 9.15. The van der Waals surface area contributed by atoms with Crippen LogP contribution in [0.3, 0.4) is 0 Å². The van der Waals surface area contributed by atoms with Crippen LogP contribution in [0.4, 0.5) is 40.8 Å². The van der Waals surface area contributed by atoms with E-state index in [1.807, 2.05) is 18.3 Å². The molecule has 3 heterocycles. The fourth-order valence-corrected chi connectivity index (χ4v) is 3.97. The van der Waals surface area contributed by atoms with Crippen LogP contribution < -0.4 is 4.90 Å². The molecule has 0 bridgehead atoms. The van der Waals surface area contributed by atoms with Gasteiger partial charge in [0.1, 0.15) is 0 Å². The molecule has 39 heavy (non-hydrogen) atoms. The molecule has 1 atom stereocenters. The Balaban J connectivity index is 0.000000317. The number of rotatable bonds is 3. The number of anilines is 1. The fourth-order valence-electron chi connectivity index (χ4n) is 3.97. The van der Waals surface area contributed by atoms with Gasteiger partial charge in [-0.1, -0.05) is 6.07 Å². The minimum Gasteiger partial charge on any atom is -0.475 e. The van der Waals surface area contributed by atoms with Gasteiger partial charge in [0.05, 0.1) is 0 Å². The number of alkyl halides is 6. The van der Waals surface area contributed by atoms with Gasteiger partial charge >= 0.3 is 24.3 Å². The predicted octanol–water partition coefficient (Wildman–Crippen LogP) is 4.26. The lowest BCUT2D eigenvalue weighted by Crippen LogP contribution is -2.31. The molecule has 2 N–H and O–H groups in total. The Morgan fingerprint density at radius 2 is 1.54 bits per heavy atom. The van der Waals surface area contributed by atoms with Crippen molar-refractivity contribution in [1.82, 2.24) is 9.88 Å². The van der Waals surface area contributed by atoms with Gasteiger partial charge in [0.15, 0.2) is 11.6 Å². The number of carbonyl (C=O) groups is 3. The predicted molar refractivity (Wildman–Crippen MR) is 117 cm³/mol. The summed E-state index contributed by atoms with van der Waals surface area (Å²) in [6, 6.07) is 7.62. The van der Waals surface area contributed by atoms with E-state index in [2.05, 4.69) is 9.88 Å². The minimum absolute atomic E-state index is 0.0192. The van der Waals surface area contributed by atoms with Gasteiger partial charge in [0, 0.05) is 55.6 Å². The van der Waals surface area contributed by atoms with Gasteiger partial charge in [-0.3, -0.25) is 14.7 Å². The molecule has 4 rings (SSSR count). The van der Waals surface area contributed by atoms with Crippen molar-refractivity contribution in [2.24, 2.45) is 5.41 Å². The van der Waals surface area contributed by atoms with Crippen molar-refractivity contribution >= 4 is 23.5 Å². The molecule has 0 saturated carbocycles. The number of hydrogen-bond acceptors (Lipinski definition) is 5. The maximum absolute atomic E-state index is 13.5. The molecule has 1 amide bonds. The first-order valence-corrected chi connectivity index (χ1v) is 10.9. The van der Waals surface area contributed by atoms with Gasteiger partial charge in [0.2, 0.25) is 5.91 Å². The van der Waals surface area contributed by atoms with Crippen LogP contribution in [0.5, 0.6) is 0 Å². The van der Waals surface area contributed by atoms with Crippen LogP contribution in [-0.4, -0.2) is 69.9 Å². The summed E-state index contributed by atoms with van der Waals surface area (Å²) in [5.74, 6) is -7.35. The van der Waals surface area contributed by atoms with Crippen molar-refractivity contribution < 1.29 is 59.7 Å². The number of likely N-dealkylation sites (tertiary alicyclic amines) is 1. The molecule has 0 radical (unpaired) electrons. The van der Waals surface area contributed by atoms with E-state index in [0.717, 1.165) is 43.8 Å². The average Bonchev–Trinajstić information content (AvgIpc) is 3.37. The van der Waals surface area contributed by atoms with Gasteiger partial charge in [-0.15, -0.1) is 0 Å². The van der Waals surface area contributed by atoms with Crippen LogP contribution in [0, 0.1) is 17.0 Å². The highest BCUT2D eigenvalue weighted by Crippen LogP contribution is 2.42. The number of nitrogens with zero attached hydrogens (tertiary/aromatic N) is 3. The normalized spacial score (nSPS) is 19.3. The summed E-state index contributed by atoms with van der Waals surface area (Å²) in [6.45, 7) is 3.12. The topological polar surface area (TPSA) is 111 Å². The largest absolute Gasteiger partial charge is 0.490 e. The number of aromatic nitrogens is 1. The number of benzene rings is 1. The Kier molecular flexibility index (Phi) is 9.95. The number of amides is 1. The molecule has 214 valence electrons. The Morgan fingerprint density at radius 3 is 2.03 bits per heavy atom. The standard InChI is InChI=1S/C19H19F2N3O.2C2HF3O2/c20-16-4-3-15(8-17(16)21)24-13-19(9-18(24)25)5-7-23(12-19)11-14-2-1-6-22-10-14;2*3-2(4,5)1(6)7/h1-4,6,8,10H,5,7,9,11-13H2;2*(H,6,7). The first-order valence-electron chi connectivity index (χ1n) is 10.9. The third-order valence-electron chi connectivity index (χ3n) is 5.67. The van der Waals surface area contributed by atoms with E-state index in [4.69, 9.17) is 19.8 Å². The second-order valence-corrected chi connectivity index (χ2v) is 8.68. The number of pyridine rings is 1. The van der Waals surface area contributed by atoms with Crippen LogP contribution in [0.25, 0.3) is 0 Å². The zero-order valence-corrected chi connectivity index (χ0v) is 19.8. The monoisotopic (exact) mass is 571 g/mol. The molecule has 1 aromatic heterocycles. The molecule has 1 spiro atoms. The van der Waals surface area contributed by atoms with Crippen molar-refractivity contribution in [3.05, 3.63) is 59.9 Å². The van der Waals surface area contributed by atoms with Crippen molar-refractivity contribution in [1.29, 1.82) is 0 Å². The third-order valence-corrected chi connectivity index (χ3v) is 5.67. The Labute approximate surface area is 215 Å². The second-order valence-electron chi connectivity index (χ2n) is 8.68. The quantitative estimate of drug-likeness (QED) is 0.530. The summed E-state index contributed by atoms with van der Waals surface area (Å²) >= 11 is 0. The Hall–Kier alpha value is -3.82. The van der Waals surface area contributed by atoms with Crippen LogP contribution in [0.2, 0.25) is 0 Å². The maximum atomic E-state index is 13.5. The Morgan fingerprint density at radius 1 is 0.949 bits per heavy atom. The second kappa shape index (κ2) is 12.4. The van der Waals surface area contributed by atoms with E-state index in [-0.39, 0.29) is 11.3 Å². The van der Waals surface area contributed by atoms with Crippen molar-refractivity contribution in [3.8, 4) is 0 Å². The molecule has 2 aliphatic rings. The summed E-state index contributed by atoms with van der Waals surface area (Å²) in [4.78, 5) is 38.3. The van der Waals surface area contributed by atoms with E-state index < -0.39 is 35.9 Å². The summed E-state index contributed by atoms with van der Waals surface area (Å²) in [5, 5.41) is 14.2. The van der Waals surface area contributed by atoms with Crippen molar-refractivity contribution in [2.45, 2.75) is 31.7 Å². The molecule has 0 aliphatic carbocycles. The lowest BCUT2D eigenvalue weighted by atomic mass is 9.86. The molecule has 2 aromatic rings. The van der Waals surface area contributed by atoms with E-state index >= 15 is 0 Å². The van der Waals surface area contributed by atoms with Gasteiger partial charge in [-0.05, 0) is 36.7 Å². The molecule has 2 fully saturated rings. The summed E-state index contributed by atoms with van der Waals surface area (Å²) in [7, 11) is 0. The molecule has 16 heteroatoms. The van der Waals surface area contributed by atoms with Crippen molar-refractivity contribution in [2.75, 3.05) is 24.5 Å². The summed E-state index contributed by atoms with van der Waals surface area (Å²) in [5.41, 5.74) is 1.48. The highest BCUT2D eigenvalue weighted by molar-refractivity contribution is 5.96. The number of halogens is 8. The first-order chi connectivity index (χ1) is 17.9. The molecular weight excluding hydrogens is 550 g/mol. The number of carboxylic acids is 2. The smallest absolute Gasteiger partial charge is 0.475 e. The van der Waals surface area contributed by atoms with Crippen LogP contribution in [0.15, 0.2) is 42.7 Å². The molecule has 8 nitrogen and oxygen atoms in total. The fraction of sp³-hybridized carbons (Fsp3) is 0.391. The van der Waals surface area contributed by atoms with Crippen molar-refractivity contribution in [3.63, 3.8) is 0 Å². The van der Waals surface area contributed by atoms with E-state index in [9.17, 15) is 39.9 Å². The van der Waals surface area contributed by atoms with Crippen LogP contribution in [-0.2, 0) is 20.9 Å². The number of carboxylic acid groups (broad SMARTS) is 2. The van der Waals surface area contributed by atoms with Gasteiger partial charge in [-0.2, -0.15) is 26.3 Å². The van der Waals surface area contributed by atoms with E-state index in [1.54, 1.807) is 11.1 Å². The molecule has 1 unspecified atom stereocenters. The lowest BCUT2D eigenvalue weighted by molar-refractivity contribution is -0.193. The van der Waals surface area contributed by atoms with Gasteiger partial charge < -0.3 is 15.1 Å². The first kappa shape index (κ1) is 31.4. The molecule has 2 saturated heterocycles. The van der Waals surface area contributed by atoms with Gasteiger partial charge in [-0.25, -0.2) is 18.4 Å². The van der Waals surface area contributed by atoms with Crippen LogP contribution >= 0.6 is 0 Å². The number of carbonyl (C=O) groups excluding carboxylic acids is 1. The SMILES string of the molecule is O=C(O)C(F)(F)F.O=C(O)C(F)(F)F.O=C1CC2(CCN(Cc3cccnc3)C2)CN1c1ccc(F)c(F)c1. The zero-order valence-electron chi connectivity index (χ0n) is 19.8. The van der Waals surface area contributed by atoms with E-state index in [1.165, 1.54) is 6.07 Å². The highest BCUT2D eigenvalue weighted by atomic mass is 19.4. The van der Waals surface area contributed by atoms with E-state index in [0.29, 0.717) is 18.7 Å². The number of hydrogen-bond donors (Lipinski definition) is 2. The molecule has 1 aromatic carbocycles. The highest BCUT2D eigenvalue weighted by Gasteiger charge is 2.47.